The van der Waals surface area contributed by atoms with Crippen LogP contribution in [0.25, 0.3) is 11.8 Å². The van der Waals surface area contributed by atoms with Crippen LogP contribution < -0.4 is 5.32 Å². The van der Waals surface area contributed by atoms with Crippen molar-refractivity contribution < 1.29 is 4.79 Å². The lowest BCUT2D eigenvalue weighted by atomic mass is 10.3. The van der Waals surface area contributed by atoms with E-state index in [4.69, 9.17) is 0 Å². The Hall–Kier alpha value is -3.24. The van der Waals surface area contributed by atoms with Crippen LogP contribution in [-0.4, -0.2) is 35.9 Å². The lowest BCUT2D eigenvalue weighted by Crippen LogP contribution is -2.08. The molecule has 2 aromatic heterocycles. The van der Waals surface area contributed by atoms with Gasteiger partial charge in [-0.25, -0.2) is 9.36 Å². The van der Waals surface area contributed by atoms with Crippen molar-refractivity contribution >= 4 is 45.4 Å². The molecule has 0 aliphatic carbocycles. The molecule has 8 nitrogen and oxygen atoms in total. The van der Waals surface area contributed by atoms with E-state index in [1.165, 1.54) is 17.8 Å². The zero-order valence-electron chi connectivity index (χ0n) is 15.8. The number of hydrogen-bond acceptors (Lipinski definition) is 6. The van der Waals surface area contributed by atoms with E-state index in [1.54, 1.807) is 28.7 Å². The predicted octanol–water partition coefficient (Wildman–Crippen LogP) is 3.96. The lowest BCUT2D eigenvalue weighted by Gasteiger charge is -2.09. The molecular formula is C20H16BrN7OS. The molecule has 0 saturated heterocycles. The quantitative estimate of drug-likeness (QED) is 0.419. The van der Waals surface area contributed by atoms with Gasteiger partial charge in [-0.3, -0.25) is 4.79 Å². The zero-order valence-corrected chi connectivity index (χ0v) is 18.2. The number of rotatable bonds is 6. The first-order valence-electron chi connectivity index (χ1n) is 8.87. The van der Waals surface area contributed by atoms with Crippen molar-refractivity contribution in [3.63, 3.8) is 0 Å². The molecule has 4 rings (SSSR count). The van der Waals surface area contributed by atoms with Crippen LogP contribution in [0.3, 0.4) is 0 Å². The first-order chi connectivity index (χ1) is 14.6. The largest absolute Gasteiger partial charge is 0.321 e. The third-order valence-electron chi connectivity index (χ3n) is 4.03. The lowest BCUT2D eigenvalue weighted by molar-refractivity contribution is -0.111. The first-order valence-corrected chi connectivity index (χ1v) is 10.5. The van der Waals surface area contributed by atoms with Gasteiger partial charge in [0, 0.05) is 34.3 Å². The number of carbonyl (C=O) groups excluding carboxylic acids is 1. The summed E-state index contributed by atoms with van der Waals surface area (Å²) in [6.45, 7) is 0. The highest BCUT2D eigenvalue weighted by Gasteiger charge is 2.11. The Morgan fingerprint density at radius 2 is 2.03 bits per heavy atom. The molecule has 0 saturated carbocycles. The maximum Gasteiger partial charge on any atom is 0.248 e. The van der Waals surface area contributed by atoms with Gasteiger partial charge in [0.15, 0.2) is 0 Å². The second-order valence-corrected chi connectivity index (χ2v) is 8.13. The molecular weight excluding hydrogens is 466 g/mol. The van der Waals surface area contributed by atoms with Crippen LogP contribution in [0, 0.1) is 0 Å². The highest BCUT2D eigenvalue weighted by atomic mass is 79.9. The zero-order chi connectivity index (χ0) is 20.9. The van der Waals surface area contributed by atoms with Gasteiger partial charge >= 0.3 is 0 Å². The monoisotopic (exact) mass is 481 g/mol. The van der Waals surface area contributed by atoms with E-state index in [0.29, 0.717) is 10.8 Å². The van der Waals surface area contributed by atoms with Crippen molar-refractivity contribution in [1.82, 2.24) is 30.0 Å². The number of hydrogen-bond donors (Lipinski definition) is 1. The minimum atomic E-state index is -0.251. The van der Waals surface area contributed by atoms with Gasteiger partial charge in [-0.15, -0.1) is 5.10 Å². The molecule has 10 heteroatoms. The summed E-state index contributed by atoms with van der Waals surface area (Å²) in [4.78, 5) is 13.3. The van der Waals surface area contributed by atoms with Crippen LogP contribution >= 0.6 is 27.7 Å². The Morgan fingerprint density at radius 3 is 2.80 bits per heavy atom. The second kappa shape index (κ2) is 9.06. The maximum absolute atomic E-state index is 12.5. The minimum absolute atomic E-state index is 0.251. The molecule has 2 heterocycles. The van der Waals surface area contributed by atoms with Gasteiger partial charge in [0.05, 0.1) is 17.6 Å². The average molecular weight is 482 g/mol. The molecule has 0 bridgehead atoms. The van der Waals surface area contributed by atoms with Gasteiger partial charge in [0.25, 0.3) is 0 Å². The van der Waals surface area contributed by atoms with Crippen molar-refractivity contribution in [3.8, 4) is 5.69 Å². The molecule has 0 unspecified atom stereocenters. The van der Waals surface area contributed by atoms with E-state index < -0.39 is 0 Å². The van der Waals surface area contributed by atoms with Gasteiger partial charge in [-0.1, -0.05) is 34.1 Å². The predicted molar refractivity (Wildman–Crippen MR) is 118 cm³/mol. The Bertz CT molecular complexity index is 1200. The van der Waals surface area contributed by atoms with Crippen LogP contribution in [0.15, 0.2) is 81.5 Å². The molecule has 0 spiro atoms. The normalized spacial score (nSPS) is 11.1. The molecule has 4 aromatic rings. The van der Waals surface area contributed by atoms with E-state index >= 15 is 0 Å². The van der Waals surface area contributed by atoms with Crippen molar-refractivity contribution in [2.45, 2.75) is 10.1 Å². The van der Waals surface area contributed by atoms with Crippen LogP contribution in [-0.2, 0) is 11.8 Å². The number of amides is 1. The number of halogens is 1. The molecule has 0 aliphatic heterocycles. The first kappa shape index (κ1) is 20.0. The number of carbonyl (C=O) groups is 1. The van der Waals surface area contributed by atoms with Gasteiger partial charge in [-0.2, -0.15) is 5.10 Å². The Balaban J connectivity index is 1.47. The Labute approximate surface area is 185 Å². The molecule has 0 atom stereocenters. The van der Waals surface area contributed by atoms with Gasteiger partial charge in [0.1, 0.15) is 0 Å². The second-order valence-electron chi connectivity index (χ2n) is 6.20. The Morgan fingerprint density at radius 1 is 1.20 bits per heavy atom. The van der Waals surface area contributed by atoms with Crippen LogP contribution in [0.2, 0.25) is 0 Å². The number of para-hydroxylation sites is 1. The van der Waals surface area contributed by atoms with E-state index in [9.17, 15) is 4.79 Å². The summed E-state index contributed by atoms with van der Waals surface area (Å²) in [5, 5.41) is 19.3. The molecule has 2 aromatic carbocycles. The van der Waals surface area contributed by atoms with E-state index in [1.807, 2.05) is 54.7 Å². The molecule has 1 N–H and O–H groups in total. The van der Waals surface area contributed by atoms with Crippen LogP contribution in [0.4, 0.5) is 5.69 Å². The number of anilines is 1. The van der Waals surface area contributed by atoms with E-state index in [0.717, 1.165) is 20.6 Å². The summed E-state index contributed by atoms with van der Waals surface area (Å²) in [5.74, 6) is -0.251. The van der Waals surface area contributed by atoms with Gasteiger partial charge in [-0.05, 0) is 58.6 Å². The molecule has 150 valence electrons. The summed E-state index contributed by atoms with van der Waals surface area (Å²) >= 11 is 4.81. The third kappa shape index (κ3) is 4.84. The van der Waals surface area contributed by atoms with Crippen molar-refractivity contribution in [2.75, 3.05) is 5.32 Å². The smallest absolute Gasteiger partial charge is 0.248 e. The summed E-state index contributed by atoms with van der Waals surface area (Å²) < 4.78 is 4.18. The fourth-order valence-electron chi connectivity index (χ4n) is 2.59. The topological polar surface area (TPSA) is 90.5 Å². The van der Waals surface area contributed by atoms with Crippen molar-refractivity contribution in [3.05, 3.63) is 77.0 Å². The molecule has 0 fully saturated rings. The summed E-state index contributed by atoms with van der Waals surface area (Å²) in [7, 11) is 1.76. The van der Waals surface area contributed by atoms with Crippen LogP contribution in [0.1, 0.15) is 5.56 Å². The van der Waals surface area contributed by atoms with Crippen molar-refractivity contribution in [1.29, 1.82) is 0 Å². The highest BCUT2D eigenvalue weighted by molar-refractivity contribution is 9.10. The van der Waals surface area contributed by atoms with Crippen molar-refractivity contribution in [2.24, 2.45) is 7.05 Å². The summed E-state index contributed by atoms with van der Waals surface area (Å²) in [6.07, 6.45) is 6.77. The Kier molecular flexibility index (Phi) is 6.05. The molecule has 30 heavy (non-hydrogen) atoms. The number of nitrogens with one attached hydrogen (secondary N) is 1. The maximum atomic E-state index is 12.5. The standard InChI is InChI=1S/C20H16BrN7OS/c1-27-20(24-25-26-27)30-18-9-8-15(21)11-17(18)23-19(29)10-7-14-12-22-28(13-14)16-5-3-2-4-6-16/h2-13H,1H3,(H,23,29)/b10-7+. The highest BCUT2D eigenvalue weighted by Crippen LogP contribution is 2.33. The van der Waals surface area contributed by atoms with Crippen LogP contribution in [0.5, 0.6) is 0 Å². The number of aromatic nitrogens is 6. The molecule has 1 amide bonds. The number of aryl methyl sites for hydroxylation is 1. The average Bonchev–Trinajstić information content (AvgIpc) is 3.38. The van der Waals surface area contributed by atoms with E-state index in [2.05, 4.69) is 41.9 Å². The van der Waals surface area contributed by atoms with E-state index in [-0.39, 0.29) is 5.91 Å². The number of benzene rings is 2. The third-order valence-corrected chi connectivity index (χ3v) is 5.63. The van der Waals surface area contributed by atoms with Gasteiger partial charge < -0.3 is 5.32 Å². The minimum Gasteiger partial charge on any atom is -0.321 e. The summed E-state index contributed by atoms with van der Waals surface area (Å²) in [5.41, 5.74) is 2.44. The summed E-state index contributed by atoms with van der Waals surface area (Å²) in [6, 6.07) is 15.4. The van der Waals surface area contributed by atoms with Gasteiger partial charge in [0.2, 0.25) is 11.1 Å². The fraction of sp³-hybridized carbons (Fsp3) is 0.0500. The molecule has 0 aliphatic rings. The number of tetrazole rings is 1. The number of nitrogens with zero attached hydrogens (tertiary/aromatic N) is 6. The SMILES string of the molecule is Cn1nnnc1Sc1ccc(Br)cc1NC(=O)/C=C/c1cnn(-c2ccccc2)c1. The molecule has 0 radical (unpaired) electrons. The fourth-order valence-corrected chi connectivity index (χ4v) is 3.75.